The van der Waals surface area contributed by atoms with Crippen LogP contribution in [0.3, 0.4) is 0 Å². The molecule has 1 atom stereocenters. The fourth-order valence-corrected chi connectivity index (χ4v) is 2.36. The molecule has 23 heavy (non-hydrogen) atoms. The molecule has 5 nitrogen and oxygen atoms in total. The van der Waals surface area contributed by atoms with Crippen LogP contribution in [0.25, 0.3) is 0 Å². The molecule has 0 fully saturated rings. The van der Waals surface area contributed by atoms with E-state index in [-0.39, 0.29) is 6.04 Å². The zero-order chi connectivity index (χ0) is 16.7. The molecule has 0 radical (unpaired) electrons. The van der Waals surface area contributed by atoms with E-state index in [0.717, 1.165) is 31.0 Å². The first kappa shape index (κ1) is 17.2. The second kappa shape index (κ2) is 8.48. The van der Waals surface area contributed by atoms with Gasteiger partial charge >= 0.3 is 0 Å². The number of nitrogens with one attached hydrogen (secondary N) is 2. The molecular formula is C18H27N5. The van der Waals surface area contributed by atoms with Crippen molar-refractivity contribution in [3.05, 3.63) is 47.7 Å². The van der Waals surface area contributed by atoms with Gasteiger partial charge in [0.1, 0.15) is 5.82 Å². The third-order valence-electron chi connectivity index (χ3n) is 3.58. The molecular weight excluding hydrogens is 286 g/mol. The van der Waals surface area contributed by atoms with E-state index in [0.29, 0.717) is 5.95 Å². The summed E-state index contributed by atoms with van der Waals surface area (Å²) in [5.41, 5.74) is 2.20. The van der Waals surface area contributed by atoms with Gasteiger partial charge in [0.25, 0.3) is 0 Å². The van der Waals surface area contributed by atoms with Gasteiger partial charge in [-0.3, -0.25) is 0 Å². The van der Waals surface area contributed by atoms with Gasteiger partial charge in [0, 0.05) is 24.3 Å². The Morgan fingerprint density at radius 2 is 1.87 bits per heavy atom. The number of hydrogen-bond donors (Lipinski definition) is 2. The van der Waals surface area contributed by atoms with Crippen molar-refractivity contribution in [1.29, 1.82) is 0 Å². The Balaban J connectivity index is 1.97. The predicted molar refractivity (Wildman–Crippen MR) is 96.9 cm³/mol. The summed E-state index contributed by atoms with van der Waals surface area (Å²) in [6.45, 7) is 6.05. The predicted octanol–water partition coefficient (Wildman–Crippen LogP) is 3.32. The van der Waals surface area contributed by atoms with Crippen molar-refractivity contribution in [3.8, 4) is 0 Å². The highest BCUT2D eigenvalue weighted by molar-refractivity contribution is 5.44. The van der Waals surface area contributed by atoms with Gasteiger partial charge in [-0.05, 0) is 46.5 Å². The van der Waals surface area contributed by atoms with Gasteiger partial charge in [-0.15, -0.1) is 0 Å². The van der Waals surface area contributed by atoms with Crippen LogP contribution >= 0.6 is 0 Å². The van der Waals surface area contributed by atoms with Crippen molar-refractivity contribution in [1.82, 2.24) is 14.9 Å². The van der Waals surface area contributed by atoms with Crippen molar-refractivity contribution < 1.29 is 0 Å². The lowest BCUT2D eigenvalue weighted by Gasteiger charge is -2.16. The van der Waals surface area contributed by atoms with Crippen LogP contribution in [0.2, 0.25) is 0 Å². The topological polar surface area (TPSA) is 53.1 Å². The maximum atomic E-state index is 4.57. The standard InChI is InChI=1S/C18H27N5/c1-14-13-17(21-15(2)16-9-6-5-7-10-16)22-18(20-14)19-11-8-12-23(3)4/h5-7,9-10,13,15H,8,11-12H2,1-4H3,(H2,19,20,21,22). The quantitative estimate of drug-likeness (QED) is 0.732. The Hall–Kier alpha value is -2.14. The van der Waals surface area contributed by atoms with Gasteiger partial charge in [0.05, 0.1) is 0 Å². The molecule has 1 heterocycles. The van der Waals surface area contributed by atoms with Gasteiger partial charge in [-0.2, -0.15) is 4.98 Å². The summed E-state index contributed by atoms with van der Waals surface area (Å²) < 4.78 is 0. The Kier molecular flexibility index (Phi) is 6.35. The fourth-order valence-electron chi connectivity index (χ4n) is 2.36. The van der Waals surface area contributed by atoms with Crippen LogP contribution in [0.15, 0.2) is 36.4 Å². The summed E-state index contributed by atoms with van der Waals surface area (Å²) in [7, 11) is 4.16. The van der Waals surface area contributed by atoms with Crippen LogP contribution in [-0.2, 0) is 0 Å². The molecule has 0 aliphatic rings. The minimum absolute atomic E-state index is 0.201. The number of benzene rings is 1. The molecule has 1 unspecified atom stereocenters. The summed E-state index contributed by atoms with van der Waals surface area (Å²) in [6.07, 6.45) is 1.06. The first-order valence-electron chi connectivity index (χ1n) is 8.10. The molecule has 0 spiro atoms. The van der Waals surface area contributed by atoms with Gasteiger partial charge in [0.2, 0.25) is 5.95 Å². The van der Waals surface area contributed by atoms with Crippen LogP contribution in [0.5, 0.6) is 0 Å². The Morgan fingerprint density at radius 1 is 1.13 bits per heavy atom. The van der Waals surface area contributed by atoms with Crippen LogP contribution in [-0.4, -0.2) is 42.1 Å². The summed E-state index contributed by atoms with van der Waals surface area (Å²) in [6, 6.07) is 12.5. The summed E-state index contributed by atoms with van der Waals surface area (Å²) in [5.74, 6) is 1.54. The Labute approximate surface area is 139 Å². The van der Waals surface area contributed by atoms with E-state index in [9.17, 15) is 0 Å². The summed E-state index contributed by atoms with van der Waals surface area (Å²) in [5, 5.41) is 6.75. The van der Waals surface area contributed by atoms with Gasteiger partial charge in [-0.1, -0.05) is 30.3 Å². The average Bonchev–Trinajstić information content (AvgIpc) is 2.52. The molecule has 0 aliphatic heterocycles. The van der Waals surface area contributed by atoms with E-state index in [1.54, 1.807) is 0 Å². The fraction of sp³-hybridized carbons (Fsp3) is 0.444. The lowest BCUT2D eigenvalue weighted by atomic mass is 10.1. The molecule has 0 saturated heterocycles. The second-order valence-corrected chi connectivity index (χ2v) is 6.08. The van der Waals surface area contributed by atoms with E-state index in [1.165, 1.54) is 5.56 Å². The maximum Gasteiger partial charge on any atom is 0.224 e. The SMILES string of the molecule is Cc1cc(NC(C)c2ccccc2)nc(NCCCN(C)C)n1. The highest BCUT2D eigenvalue weighted by atomic mass is 15.1. The van der Waals surface area contributed by atoms with Crippen LogP contribution in [0.1, 0.15) is 30.6 Å². The van der Waals surface area contributed by atoms with E-state index in [2.05, 4.69) is 70.8 Å². The lowest BCUT2D eigenvalue weighted by molar-refractivity contribution is 0.405. The van der Waals surface area contributed by atoms with Crippen molar-refractivity contribution >= 4 is 11.8 Å². The molecule has 0 aliphatic carbocycles. The van der Waals surface area contributed by atoms with E-state index < -0.39 is 0 Å². The monoisotopic (exact) mass is 313 g/mol. The third kappa shape index (κ3) is 5.87. The van der Waals surface area contributed by atoms with E-state index in [1.807, 2.05) is 19.1 Å². The number of rotatable bonds is 8. The summed E-state index contributed by atoms with van der Waals surface area (Å²) in [4.78, 5) is 11.2. The number of hydrogen-bond acceptors (Lipinski definition) is 5. The van der Waals surface area contributed by atoms with Crippen molar-refractivity contribution in [2.24, 2.45) is 0 Å². The zero-order valence-corrected chi connectivity index (χ0v) is 14.5. The maximum absolute atomic E-state index is 4.57. The highest BCUT2D eigenvalue weighted by Gasteiger charge is 2.07. The third-order valence-corrected chi connectivity index (χ3v) is 3.58. The van der Waals surface area contributed by atoms with E-state index in [4.69, 9.17) is 0 Å². The molecule has 2 N–H and O–H groups in total. The Morgan fingerprint density at radius 3 is 2.57 bits per heavy atom. The molecule has 1 aromatic heterocycles. The van der Waals surface area contributed by atoms with Gasteiger partial charge in [-0.25, -0.2) is 4.98 Å². The number of aryl methyl sites for hydroxylation is 1. The molecule has 5 heteroatoms. The molecule has 0 saturated carbocycles. The molecule has 2 rings (SSSR count). The van der Waals surface area contributed by atoms with Crippen molar-refractivity contribution in [2.45, 2.75) is 26.3 Å². The van der Waals surface area contributed by atoms with Crippen LogP contribution in [0.4, 0.5) is 11.8 Å². The average molecular weight is 313 g/mol. The molecule has 124 valence electrons. The van der Waals surface area contributed by atoms with E-state index >= 15 is 0 Å². The molecule has 0 bridgehead atoms. The highest BCUT2D eigenvalue weighted by Crippen LogP contribution is 2.18. The zero-order valence-electron chi connectivity index (χ0n) is 14.5. The van der Waals surface area contributed by atoms with Crippen LogP contribution < -0.4 is 10.6 Å². The first-order chi connectivity index (χ1) is 11.0. The minimum atomic E-state index is 0.201. The lowest BCUT2D eigenvalue weighted by Crippen LogP contribution is -2.17. The van der Waals surface area contributed by atoms with Crippen molar-refractivity contribution in [2.75, 3.05) is 37.8 Å². The molecule has 2 aromatic rings. The first-order valence-corrected chi connectivity index (χ1v) is 8.10. The summed E-state index contributed by atoms with van der Waals surface area (Å²) >= 11 is 0. The van der Waals surface area contributed by atoms with Gasteiger partial charge in [0.15, 0.2) is 0 Å². The van der Waals surface area contributed by atoms with Gasteiger partial charge < -0.3 is 15.5 Å². The molecule has 1 aromatic carbocycles. The number of aromatic nitrogens is 2. The second-order valence-electron chi connectivity index (χ2n) is 6.08. The minimum Gasteiger partial charge on any atom is -0.363 e. The normalized spacial score (nSPS) is 12.2. The Bertz CT molecular complexity index is 598. The van der Waals surface area contributed by atoms with Crippen LogP contribution in [0, 0.1) is 6.92 Å². The smallest absolute Gasteiger partial charge is 0.224 e. The molecule has 0 amide bonds. The number of nitrogens with zero attached hydrogens (tertiary/aromatic N) is 3. The largest absolute Gasteiger partial charge is 0.363 e. The number of anilines is 2. The van der Waals surface area contributed by atoms with Crippen molar-refractivity contribution in [3.63, 3.8) is 0 Å².